The first-order valence-corrected chi connectivity index (χ1v) is 13.7. The van der Waals surface area contributed by atoms with Crippen molar-refractivity contribution < 1.29 is 14.3 Å². The molecule has 37 heavy (non-hydrogen) atoms. The van der Waals surface area contributed by atoms with Gasteiger partial charge in [-0.05, 0) is 73.7 Å². The molecule has 1 aliphatic heterocycles. The number of amides is 2. The number of rotatable bonds is 6. The molecule has 1 N–H and O–H groups in total. The summed E-state index contributed by atoms with van der Waals surface area (Å²) in [4.78, 5) is 29.7. The van der Waals surface area contributed by atoms with Gasteiger partial charge >= 0.3 is 6.09 Å². The van der Waals surface area contributed by atoms with Gasteiger partial charge < -0.3 is 15.0 Å². The molecule has 1 heterocycles. The number of carbonyl (C=O) groups excluding carboxylic acids is 2. The van der Waals surface area contributed by atoms with Gasteiger partial charge in [0.2, 0.25) is 0 Å². The monoisotopic (exact) mass is 585 g/mol. The van der Waals surface area contributed by atoms with Crippen molar-refractivity contribution in [3.63, 3.8) is 0 Å². The molecule has 2 aliphatic rings. The number of piperazine rings is 1. The molecule has 0 saturated carbocycles. The normalized spacial score (nSPS) is 16.3. The van der Waals surface area contributed by atoms with Crippen LogP contribution in [0.3, 0.4) is 0 Å². The average Bonchev–Trinajstić information content (AvgIpc) is 3.20. The predicted molar refractivity (Wildman–Crippen MR) is 153 cm³/mol. The molecular formula is C29H33BrClN3O3. The van der Waals surface area contributed by atoms with Gasteiger partial charge in [0.15, 0.2) is 0 Å². The Morgan fingerprint density at radius 2 is 1.76 bits per heavy atom. The largest absolute Gasteiger partial charge is 0.444 e. The van der Waals surface area contributed by atoms with Crippen LogP contribution in [0.1, 0.15) is 37.5 Å². The van der Waals surface area contributed by atoms with Gasteiger partial charge in [0, 0.05) is 48.8 Å². The summed E-state index contributed by atoms with van der Waals surface area (Å²) in [7, 11) is 0. The van der Waals surface area contributed by atoms with Gasteiger partial charge in [-0.1, -0.05) is 57.9 Å². The maximum Gasteiger partial charge on any atom is 0.410 e. The number of nitrogens with zero attached hydrogens (tertiary/aromatic N) is 2. The highest BCUT2D eigenvalue weighted by molar-refractivity contribution is 9.10. The lowest BCUT2D eigenvalue weighted by Crippen LogP contribution is -2.51. The van der Waals surface area contributed by atoms with Gasteiger partial charge in [-0.25, -0.2) is 4.79 Å². The van der Waals surface area contributed by atoms with Crippen molar-refractivity contribution in [2.24, 2.45) is 0 Å². The highest BCUT2D eigenvalue weighted by Gasteiger charge is 2.27. The Kier molecular flexibility index (Phi) is 8.78. The van der Waals surface area contributed by atoms with Gasteiger partial charge in [0.1, 0.15) is 5.60 Å². The van der Waals surface area contributed by atoms with Crippen LogP contribution in [0.25, 0.3) is 11.6 Å². The van der Waals surface area contributed by atoms with E-state index in [1.807, 2.05) is 69.3 Å². The van der Waals surface area contributed by atoms with Crippen LogP contribution >= 0.6 is 27.5 Å². The number of allylic oxidation sites excluding steroid dienone is 2. The first-order valence-electron chi connectivity index (χ1n) is 12.5. The highest BCUT2D eigenvalue weighted by atomic mass is 79.9. The summed E-state index contributed by atoms with van der Waals surface area (Å²) in [6.45, 7) is 9.64. The minimum Gasteiger partial charge on any atom is -0.444 e. The van der Waals surface area contributed by atoms with Crippen LogP contribution in [-0.4, -0.2) is 66.7 Å². The molecule has 1 aliphatic carbocycles. The second kappa shape index (κ2) is 11.8. The van der Waals surface area contributed by atoms with Gasteiger partial charge in [-0.3, -0.25) is 9.69 Å². The van der Waals surface area contributed by atoms with E-state index in [4.69, 9.17) is 16.3 Å². The molecule has 8 heteroatoms. The minimum absolute atomic E-state index is 0.0655. The van der Waals surface area contributed by atoms with E-state index >= 15 is 0 Å². The van der Waals surface area contributed by atoms with Crippen molar-refractivity contribution in [2.75, 3.05) is 39.3 Å². The number of hydrogen-bond donors (Lipinski definition) is 1. The van der Waals surface area contributed by atoms with Crippen LogP contribution in [0.15, 0.2) is 58.6 Å². The maximum absolute atomic E-state index is 13.4. The first kappa shape index (κ1) is 27.4. The number of fused-ring (bicyclic) bond motifs is 1. The lowest BCUT2D eigenvalue weighted by atomic mass is 10.0. The second-order valence-electron chi connectivity index (χ2n) is 10.3. The van der Waals surface area contributed by atoms with Gasteiger partial charge in [-0.2, -0.15) is 0 Å². The smallest absolute Gasteiger partial charge is 0.410 e. The van der Waals surface area contributed by atoms with Crippen molar-refractivity contribution in [3.05, 3.63) is 80.3 Å². The Hall–Kier alpha value is -2.61. The summed E-state index contributed by atoms with van der Waals surface area (Å²) >= 11 is 9.56. The summed E-state index contributed by atoms with van der Waals surface area (Å²) < 4.78 is 6.47. The average molecular weight is 587 g/mol. The Morgan fingerprint density at radius 1 is 1.05 bits per heavy atom. The first-order chi connectivity index (χ1) is 17.6. The fourth-order valence-corrected chi connectivity index (χ4v) is 5.03. The van der Waals surface area contributed by atoms with E-state index in [1.165, 1.54) is 0 Å². The number of carbonyl (C=O) groups is 2. The van der Waals surface area contributed by atoms with Crippen LogP contribution in [0.5, 0.6) is 0 Å². The van der Waals surface area contributed by atoms with Crippen molar-refractivity contribution >= 4 is 51.2 Å². The Labute approximate surface area is 232 Å². The number of halogens is 2. The summed E-state index contributed by atoms with van der Waals surface area (Å²) in [6, 6.07) is 13.7. The Balaban J connectivity index is 1.36. The van der Waals surface area contributed by atoms with Gasteiger partial charge in [0.25, 0.3) is 5.91 Å². The molecule has 1 saturated heterocycles. The van der Waals surface area contributed by atoms with Crippen molar-refractivity contribution in [1.82, 2.24) is 15.1 Å². The molecule has 6 nitrogen and oxygen atoms in total. The number of benzene rings is 2. The molecule has 4 rings (SSSR count). The zero-order valence-corrected chi connectivity index (χ0v) is 23.9. The molecule has 0 unspecified atom stereocenters. The van der Waals surface area contributed by atoms with Gasteiger partial charge in [-0.15, -0.1) is 0 Å². The Morgan fingerprint density at radius 3 is 2.43 bits per heavy atom. The summed E-state index contributed by atoms with van der Waals surface area (Å²) in [6.07, 6.45) is 4.48. The van der Waals surface area contributed by atoms with Crippen LogP contribution in [-0.2, 0) is 16.0 Å². The fourth-order valence-electron chi connectivity index (χ4n) is 4.50. The van der Waals surface area contributed by atoms with E-state index in [0.29, 0.717) is 31.1 Å². The highest BCUT2D eigenvalue weighted by Crippen LogP contribution is 2.35. The van der Waals surface area contributed by atoms with E-state index < -0.39 is 5.60 Å². The lowest BCUT2D eigenvalue weighted by Gasteiger charge is -2.35. The molecule has 2 amide bonds. The predicted octanol–water partition coefficient (Wildman–Crippen LogP) is 5.79. The number of nitrogens with one attached hydrogen (secondary N) is 1. The summed E-state index contributed by atoms with van der Waals surface area (Å²) in [5.74, 6) is -0.0655. The summed E-state index contributed by atoms with van der Waals surface area (Å²) in [5.41, 5.74) is 4.36. The van der Waals surface area contributed by atoms with E-state index in [1.54, 1.807) is 4.90 Å². The third-order valence-electron chi connectivity index (χ3n) is 6.35. The zero-order valence-electron chi connectivity index (χ0n) is 21.5. The molecule has 0 bridgehead atoms. The van der Waals surface area contributed by atoms with E-state index in [-0.39, 0.29) is 12.0 Å². The number of ether oxygens (including phenoxy) is 1. The van der Waals surface area contributed by atoms with Crippen molar-refractivity contribution in [3.8, 4) is 0 Å². The summed E-state index contributed by atoms with van der Waals surface area (Å²) in [5, 5.41) is 3.82. The van der Waals surface area contributed by atoms with Crippen LogP contribution < -0.4 is 5.32 Å². The Bertz CT molecular complexity index is 1210. The topological polar surface area (TPSA) is 61.9 Å². The number of hydrogen-bond acceptors (Lipinski definition) is 4. The molecule has 0 radical (unpaired) electrons. The zero-order chi connectivity index (χ0) is 26.6. The molecule has 0 atom stereocenters. The van der Waals surface area contributed by atoms with E-state index in [2.05, 4.69) is 32.2 Å². The molecule has 0 spiro atoms. The minimum atomic E-state index is -0.495. The van der Waals surface area contributed by atoms with E-state index in [9.17, 15) is 9.59 Å². The third-order valence-corrected chi connectivity index (χ3v) is 7.10. The maximum atomic E-state index is 13.4. The second-order valence-corrected chi connectivity index (χ2v) is 11.7. The van der Waals surface area contributed by atoms with Crippen LogP contribution in [0.4, 0.5) is 4.79 Å². The van der Waals surface area contributed by atoms with Crippen LogP contribution in [0.2, 0.25) is 5.02 Å². The van der Waals surface area contributed by atoms with E-state index in [0.717, 1.165) is 51.9 Å². The molecule has 1 fully saturated rings. The molecular weight excluding hydrogens is 554 g/mol. The molecule has 0 aromatic heterocycles. The van der Waals surface area contributed by atoms with Crippen LogP contribution in [0, 0.1) is 0 Å². The fraction of sp³-hybridized carbons (Fsp3) is 0.379. The quantitative estimate of drug-likeness (QED) is 0.465. The SMILES string of the molecule is CC(C)(C)OC(=O)N1CCN(CCNC(=O)C2=C(/C=C/c3ccc(Cl)cc3)Cc3cc(Br)ccc32)CC1. The third kappa shape index (κ3) is 7.46. The van der Waals surface area contributed by atoms with Crippen molar-refractivity contribution in [1.29, 1.82) is 0 Å². The van der Waals surface area contributed by atoms with Crippen molar-refractivity contribution in [2.45, 2.75) is 32.8 Å². The standard InChI is InChI=1S/C29H33BrClN3O3/c1-29(2,3)37-28(36)34-16-14-33(15-17-34)13-12-32-27(35)26-21(7-4-20-5-9-24(31)10-6-20)18-22-19-23(30)8-11-25(22)26/h4-11,19H,12-18H2,1-3H3,(H,32,35)/b7-4+. The molecule has 2 aromatic rings. The molecule has 196 valence electrons. The lowest BCUT2D eigenvalue weighted by molar-refractivity contribution is -0.115. The van der Waals surface area contributed by atoms with Gasteiger partial charge in [0.05, 0.1) is 5.57 Å². The molecule has 2 aromatic carbocycles.